The minimum absolute atomic E-state index is 0.0516. The third kappa shape index (κ3) is 1.08. The van der Waals surface area contributed by atoms with E-state index in [-0.39, 0.29) is 11.1 Å². The SMILES string of the molecule is O=c1[nH]nnc2cc3ccccc3c(O)c12. The van der Waals surface area contributed by atoms with Gasteiger partial charge in [-0.15, -0.1) is 5.10 Å². The Balaban J connectivity index is 2.67. The fourth-order valence-electron chi connectivity index (χ4n) is 1.80. The molecule has 3 aromatic rings. The average Bonchev–Trinajstić information content (AvgIpc) is 2.29. The molecule has 3 rings (SSSR count). The number of aromatic hydroxyl groups is 1. The molecule has 2 aromatic carbocycles. The van der Waals surface area contributed by atoms with Gasteiger partial charge in [0, 0.05) is 5.39 Å². The molecule has 1 heterocycles. The van der Waals surface area contributed by atoms with Crippen molar-refractivity contribution in [3.8, 4) is 5.75 Å². The van der Waals surface area contributed by atoms with Gasteiger partial charge in [0.05, 0.1) is 0 Å². The molecule has 0 fully saturated rings. The number of aromatic amines is 1. The zero-order chi connectivity index (χ0) is 11.1. The van der Waals surface area contributed by atoms with Crippen LogP contribution in [0.25, 0.3) is 21.7 Å². The Hall–Kier alpha value is -2.43. The van der Waals surface area contributed by atoms with Gasteiger partial charge in [0.25, 0.3) is 5.56 Å². The largest absolute Gasteiger partial charge is 0.506 e. The molecule has 0 amide bonds. The number of nitrogens with zero attached hydrogens (tertiary/aromatic N) is 2. The molecule has 0 atom stereocenters. The standard InChI is InChI=1S/C11H7N3O2/c15-10-7-4-2-1-3-6(7)5-8-9(10)11(16)13-14-12-8/h1-5,15H,(H,12,13,16). The summed E-state index contributed by atoms with van der Waals surface area (Å²) in [7, 11) is 0. The van der Waals surface area contributed by atoms with Crippen molar-refractivity contribution in [3.05, 3.63) is 40.7 Å². The molecule has 0 unspecified atom stereocenters. The molecule has 0 aliphatic heterocycles. The van der Waals surface area contributed by atoms with E-state index in [2.05, 4.69) is 15.4 Å². The van der Waals surface area contributed by atoms with Crippen LogP contribution < -0.4 is 5.56 Å². The van der Waals surface area contributed by atoms with Gasteiger partial charge in [-0.1, -0.05) is 29.5 Å². The number of hydrogen-bond donors (Lipinski definition) is 2. The molecule has 0 aliphatic rings. The Kier molecular flexibility index (Phi) is 1.67. The molecule has 0 bridgehead atoms. The summed E-state index contributed by atoms with van der Waals surface area (Å²) >= 11 is 0. The van der Waals surface area contributed by atoms with Gasteiger partial charge in [0.2, 0.25) is 0 Å². The van der Waals surface area contributed by atoms with Crippen LogP contribution in [-0.2, 0) is 0 Å². The van der Waals surface area contributed by atoms with Crippen molar-refractivity contribution in [3.63, 3.8) is 0 Å². The minimum Gasteiger partial charge on any atom is -0.506 e. The lowest BCUT2D eigenvalue weighted by Crippen LogP contribution is -2.09. The van der Waals surface area contributed by atoms with E-state index in [4.69, 9.17) is 0 Å². The minimum atomic E-state index is -0.437. The van der Waals surface area contributed by atoms with E-state index in [0.29, 0.717) is 10.9 Å². The van der Waals surface area contributed by atoms with Gasteiger partial charge in [-0.05, 0) is 11.5 Å². The van der Waals surface area contributed by atoms with Crippen LogP contribution in [0, 0.1) is 0 Å². The molecule has 0 spiro atoms. The summed E-state index contributed by atoms with van der Waals surface area (Å²) in [4.78, 5) is 11.5. The Morgan fingerprint density at radius 2 is 2.06 bits per heavy atom. The van der Waals surface area contributed by atoms with E-state index in [0.717, 1.165) is 5.39 Å². The van der Waals surface area contributed by atoms with Gasteiger partial charge in [-0.2, -0.15) is 0 Å². The van der Waals surface area contributed by atoms with Crippen LogP contribution in [0.15, 0.2) is 35.1 Å². The monoisotopic (exact) mass is 213 g/mol. The van der Waals surface area contributed by atoms with Gasteiger partial charge < -0.3 is 5.11 Å². The van der Waals surface area contributed by atoms with E-state index < -0.39 is 5.56 Å². The zero-order valence-electron chi connectivity index (χ0n) is 8.14. The first-order chi connectivity index (χ1) is 7.77. The number of phenols is 1. The summed E-state index contributed by atoms with van der Waals surface area (Å²) in [6.45, 7) is 0. The molecule has 2 N–H and O–H groups in total. The van der Waals surface area contributed by atoms with E-state index in [1.165, 1.54) is 0 Å². The van der Waals surface area contributed by atoms with Gasteiger partial charge in [0.15, 0.2) is 0 Å². The molecule has 16 heavy (non-hydrogen) atoms. The summed E-state index contributed by atoms with van der Waals surface area (Å²) < 4.78 is 0. The normalized spacial score (nSPS) is 11.0. The molecule has 1 aromatic heterocycles. The van der Waals surface area contributed by atoms with Crippen molar-refractivity contribution in [1.82, 2.24) is 15.4 Å². The van der Waals surface area contributed by atoms with E-state index in [9.17, 15) is 9.90 Å². The maximum atomic E-state index is 11.5. The van der Waals surface area contributed by atoms with Crippen LogP contribution in [0.5, 0.6) is 5.75 Å². The number of fused-ring (bicyclic) bond motifs is 2. The summed E-state index contributed by atoms with van der Waals surface area (Å²) in [6.07, 6.45) is 0. The molecule has 0 aliphatic carbocycles. The van der Waals surface area contributed by atoms with E-state index >= 15 is 0 Å². The lowest BCUT2D eigenvalue weighted by Gasteiger charge is -2.03. The number of aromatic nitrogens is 3. The third-order valence-electron chi connectivity index (χ3n) is 2.54. The van der Waals surface area contributed by atoms with Crippen molar-refractivity contribution >= 4 is 21.7 Å². The first-order valence-corrected chi connectivity index (χ1v) is 4.73. The first kappa shape index (κ1) is 8.84. The topological polar surface area (TPSA) is 78.9 Å². The maximum Gasteiger partial charge on any atom is 0.278 e. The summed E-state index contributed by atoms with van der Waals surface area (Å²) in [5, 5.41) is 21.1. The van der Waals surface area contributed by atoms with Crippen LogP contribution in [0.3, 0.4) is 0 Å². The van der Waals surface area contributed by atoms with Crippen molar-refractivity contribution in [1.29, 1.82) is 0 Å². The Morgan fingerprint density at radius 3 is 2.94 bits per heavy atom. The van der Waals surface area contributed by atoms with Gasteiger partial charge in [0.1, 0.15) is 16.7 Å². The fraction of sp³-hybridized carbons (Fsp3) is 0. The lowest BCUT2D eigenvalue weighted by atomic mass is 10.1. The van der Waals surface area contributed by atoms with E-state index in [1.807, 2.05) is 12.1 Å². The van der Waals surface area contributed by atoms with Crippen LogP contribution in [0.1, 0.15) is 0 Å². The molecule has 5 heteroatoms. The summed E-state index contributed by atoms with van der Waals surface area (Å²) in [6, 6.07) is 8.98. The van der Waals surface area contributed by atoms with Crippen LogP contribution in [0.2, 0.25) is 0 Å². The molecule has 0 radical (unpaired) electrons. The van der Waals surface area contributed by atoms with Crippen molar-refractivity contribution < 1.29 is 5.11 Å². The average molecular weight is 213 g/mol. The third-order valence-corrected chi connectivity index (χ3v) is 2.54. The quantitative estimate of drug-likeness (QED) is 0.549. The summed E-state index contributed by atoms with van der Waals surface area (Å²) in [5.74, 6) is -0.0516. The fourth-order valence-corrected chi connectivity index (χ4v) is 1.80. The molecular weight excluding hydrogens is 206 g/mol. The number of benzene rings is 2. The Morgan fingerprint density at radius 1 is 1.25 bits per heavy atom. The van der Waals surface area contributed by atoms with Crippen LogP contribution in [0.4, 0.5) is 0 Å². The second kappa shape index (κ2) is 3.03. The van der Waals surface area contributed by atoms with E-state index in [1.54, 1.807) is 18.2 Å². The summed E-state index contributed by atoms with van der Waals surface area (Å²) in [5.41, 5.74) is -0.0480. The number of H-pyrrole nitrogens is 1. The number of phenolic OH excluding ortho intramolecular Hbond substituents is 1. The smallest absolute Gasteiger partial charge is 0.278 e. The van der Waals surface area contributed by atoms with Crippen molar-refractivity contribution in [2.24, 2.45) is 0 Å². The maximum absolute atomic E-state index is 11.5. The molecular formula is C11H7N3O2. The van der Waals surface area contributed by atoms with Gasteiger partial charge in [-0.3, -0.25) is 4.79 Å². The Labute approximate surface area is 89.3 Å². The predicted octanol–water partition coefficient (Wildman–Crippen LogP) is 1.18. The number of nitrogens with one attached hydrogen (secondary N) is 1. The predicted molar refractivity (Wildman–Crippen MR) is 59.3 cm³/mol. The zero-order valence-corrected chi connectivity index (χ0v) is 8.14. The lowest BCUT2D eigenvalue weighted by molar-refractivity contribution is 0.487. The van der Waals surface area contributed by atoms with Gasteiger partial charge in [-0.25, -0.2) is 5.10 Å². The van der Waals surface area contributed by atoms with Crippen molar-refractivity contribution in [2.75, 3.05) is 0 Å². The highest BCUT2D eigenvalue weighted by atomic mass is 16.3. The molecule has 5 nitrogen and oxygen atoms in total. The molecule has 0 saturated heterocycles. The first-order valence-electron chi connectivity index (χ1n) is 4.73. The highest BCUT2D eigenvalue weighted by molar-refractivity contribution is 6.02. The highest BCUT2D eigenvalue weighted by Crippen LogP contribution is 2.29. The molecule has 78 valence electrons. The highest BCUT2D eigenvalue weighted by Gasteiger charge is 2.10. The number of rotatable bonds is 0. The van der Waals surface area contributed by atoms with Crippen molar-refractivity contribution in [2.45, 2.75) is 0 Å². The van der Waals surface area contributed by atoms with Crippen LogP contribution >= 0.6 is 0 Å². The number of hydrogen-bond acceptors (Lipinski definition) is 4. The second-order valence-corrected chi connectivity index (χ2v) is 3.48. The Bertz CT molecular complexity index is 749. The second-order valence-electron chi connectivity index (χ2n) is 3.48. The van der Waals surface area contributed by atoms with Crippen LogP contribution in [-0.4, -0.2) is 20.5 Å². The van der Waals surface area contributed by atoms with Gasteiger partial charge >= 0.3 is 0 Å². The molecule has 0 saturated carbocycles.